The molecular formula is C38H45F3N8. The number of aryl methyl sites for hydroxylation is 3. The minimum absolute atomic E-state index is 0.262. The zero-order valence-electron chi connectivity index (χ0n) is 29.0. The van der Waals surface area contributed by atoms with Crippen molar-refractivity contribution in [2.75, 3.05) is 43.9 Å². The molecule has 1 saturated heterocycles. The van der Waals surface area contributed by atoms with Crippen molar-refractivity contribution in [1.29, 1.82) is 0 Å². The van der Waals surface area contributed by atoms with Crippen LogP contribution >= 0.6 is 0 Å². The van der Waals surface area contributed by atoms with Crippen LogP contribution in [-0.4, -0.2) is 62.8 Å². The Morgan fingerprint density at radius 1 is 1.02 bits per heavy atom. The van der Waals surface area contributed by atoms with Gasteiger partial charge in [0.25, 0.3) is 0 Å². The number of aromatic nitrogens is 4. The predicted molar refractivity (Wildman–Crippen MR) is 190 cm³/mol. The maximum absolute atomic E-state index is 14.1. The van der Waals surface area contributed by atoms with E-state index in [1.807, 2.05) is 43.0 Å². The topological polar surface area (TPSA) is 74.1 Å². The number of likely N-dealkylation sites (N-methyl/N-ethyl adjacent to an activating group) is 1. The Morgan fingerprint density at radius 3 is 2.43 bits per heavy atom. The van der Waals surface area contributed by atoms with Crippen LogP contribution in [0.25, 0.3) is 5.70 Å². The molecule has 0 unspecified atom stereocenters. The van der Waals surface area contributed by atoms with Crippen molar-refractivity contribution in [2.45, 2.75) is 59.8 Å². The maximum Gasteiger partial charge on any atom is 0.416 e. The van der Waals surface area contributed by atoms with Crippen LogP contribution in [0.2, 0.25) is 0 Å². The SMILES string of the molecule is C=C(Nc1ccc(CN2CCN(C)CC2)c(C(F)(F)F)c1)c1ccc(C)c(C#Cc2cnc(Nc3cn(CCC(C)C)nc3CC)nc2)c1. The van der Waals surface area contributed by atoms with E-state index in [1.165, 1.54) is 6.07 Å². The number of nitrogens with zero attached hydrogens (tertiary/aromatic N) is 6. The normalized spacial score (nSPS) is 14.1. The highest BCUT2D eigenvalue weighted by atomic mass is 19.4. The number of benzene rings is 2. The van der Waals surface area contributed by atoms with E-state index in [4.69, 9.17) is 0 Å². The number of rotatable bonds is 11. The Bertz CT molecular complexity index is 1810. The maximum atomic E-state index is 14.1. The van der Waals surface area contributed by atoms with Gasteiger partial charge in [-0.2, -0.15) is 18.3 Å². The second-order valence-corrected chi connectivity index (χ2v) is 13.0. The van der Waals surface area contributed by atoms with E-state index < -0.39 is 11.7 Å². The van der Waals surface area contributed by atoms with Crippen LogP contribution < -0.4 is 10.6 Å². The van der Waals surface area contributed by atoms with Crippen molar-refractivity contribution in [3.63, 3.8) is 0 Å². The molecule has 0 bridgehead atoms. The van der Waals surface area contributed by atoms with E-state index >= 15 is 0 Å². The molecule has 11 heteroatoms. The molecule has 1 aliphatic rings. The zero-order valence-corrected chi connectivity index (χ0v) is 29.0. The number of hydrogen-bond acceptors (Lipinski definition) is 7. The molecule has 2 aromatic carbocycles. The second kappa shape index (κ2) is 15.7. The van der Waals surface area contributed by atoms with Crippen molar-refractivity contribution in [3.05, 3.63) is 101 Å². The van der Waals surface area contributed by atoms with Crippen LogP contribution in [0.3, 0.4) is 0 Å². The molecule has 0 radical (unpaired) electrons. The van der Waals surface area contributed by atoms with E-state index in [9.17, 15) is 13.2 Å². The molecule has 49 heavy (non-hydrogen) atoms. The van der Waals surface area contributed by atoms with E-state index in [2.05, 4.69) is 74.7 Å². The van der Waals surface area contributed by atoms with Crippen molar-refractivity contribution < 1.29 is 13.2 Å². The van der Waals surface area contributed by atoms with E-state index in [0.29, 0.717) is 28.8 Å². The number of halogens is 3. The monoisotopic (exact) mass is 670 g/mol. The number of anilines is 3. The van der Waals surface area contributed by atoms with E-state index in [0.717, 1.165) is 73.6 Å². The molecule has 2 aromatic heterocycles. The van der Waals surface area contributed by atoms with Crippen molar-refractivity contribution in [1.82, 2.24) is 29.5 Å². The minimum Gasteiger partial charge on any atom is -0.356 e. The number of alkyl halides is 3. The molecule has 4 aromatic rings. The third kappa shape index (κ3) is 9.71. The second-order valence-electron chi connectivity index (χ2n) is 13.0. The molecule has 1 fully saturated rings. The third-order valence-electron chi connectivity index (χ3n) is 8.63. The fraction of sp³-hybridized carbons (Fsp3) is 0.395. The number of piperazine rings is 1. The molecule has 0 saturated carbocycles. The van der Waals surface area contributed by atoms with Crippen LogP contribution in [0.15, 0.2) is 61.6 Å². The molecule has 5 rings (SSSR count). The molecule has 1 aliphatic heterocycles. The number of hydrogen-bond donors (Lipinski definition) is 2. The third-order valence-corrected chi connectivity index (χ3v) is 8.63. The van der Waals surface area contributed by atoms with Crippen molar-refractivity contribution in [2.24, 2.45) is 5.92 Å². The predicted octanol–water partition coefficient (Wildman–Crippen LogP) is 7.58. The zero-order chi connectivity index (χ0) is 35.1. The summed E-state index contributed by atoms with van der Waals surface area (Å²) < 4.78 is 44.3. The highest BCUT2D eigenvalue weighted by Gasteiger charge is 2.34. The molecule has 258 valence electrons. The molecule has 2 N–H and O–H groups in total. The van der Waals surface area contributed by atoms with Gasteiger partial charge in [0.15, 0.2) is 0 Å². The van der Waals surface area contributed by atoms with Crippen LogP contribution in [0.4, 0.5) is 30.5 Å². The van der Waals surface area contributed by atoms with Crippen molar-refractivity contribution >= 4 is 23.0 Å². The minimum atomic E-state index is -4.47. The summed E-state index contributed by atoms with van der Waals surface area (Å²) in [6.07, 6.45) is 2.70. The van der Waals surface area contributed by atoms with Gasteiger partial charge in [0.2, 0.25) is 5.95 Å². The van der Waals surface area contributed by atoms with Gasteiger partial charge in [-0.25, -0.2) is 9.97 Å². The lowest BCUT2D eigenvalue weighted by Crippen LogP contribution is -2.44. The van der Waals surface area contributed by atoms with Gasteiger partial charge in [0, 0.05) is 74.8 Å². The summed E-state index contributed by atoms with van der Waals surface area (Å²) in [6, 6.07) is 10.1. The lowest BCUT2D eigenvalue weighted by atomic mass is 10.0. The van der Waals surface area contributed by atoms with Gasteiger partial charge in [0.05, 0.1) is 22.5 Å². The first-order valence-corrected chi connectivity index (χ1v) is 16.7. The van der Waals surface area contributed by atoms with Crippen LogP contribution in [-0.2, 0) is 25.7 Å². The fourth-order valence-corrected chi connectivity index (χ4v) is 5.54. The Hall–Kier alpha value is -4.66. The van der Waals surface area contributed by atoms with Crippen LogP contribution in [0, 0.1) is 24.7 Å². The Balaban J connectivity index is 1.25. The van der Waals surface area contributed by atoms with Gasteiger partial charge in [-0.05, 0) is 67.6 Å². The first-order valence-electron chi connectivity index (χ1n) is 16.7. The summed E-state index contributed by atoms with van der Waals surface area (Å²) in [5, 5.41) is 11.0. The van der Waals surface area contributed by atoms with Gasteiger partial charge < -0.3 is 15.5 Å². The molecule has 8 nitrogen and oxygen atoms in total. The standard InChI is InChI=1S/C38H45F3N8/c1-7-35-36(25-49(46-35)15-14-26(2)3)45-37-42-22-29(23-43-37)9-11-30-20-31(10-8-27(30)4)28(5)44-33-13-12-32(34(21-33)38(39,40)41)24-48-18-16-47(6)17-19-48/h8,10,12-13,20-23,25-26,44H,5,7,14-19,24H2,1-4,6H3,(H,42,43,45). The van der Waals surface area contributed by atoms with E-state index in [-0.39, 0.29) is 12.1 Å². The summed E-state index contributed by atoms with van der Waals surface area (Å²) in [6.45, 7) is 16.8. The number of nitrogens with one attached hydrogen (secondary N) is 2. The molecule has 3 heterocycles. The van der Waals surface area contributed by atoms with Gasteiger partial charge >= 0.3 is 6.18 Å². The Kier molecular flexibility index (Phi) is 11.4. The average molecular weight is 671 g/mol. The lowest BCUT2D eigenvalue weighted by Gasteiger charge is -2.33. The molecule has 0 amide bonds. The van der Waals surface area contributed by atoms with Gasteiger partial charge in [-0.1, -0.05) is 57.4 Å². The smallest absolute Gasteiger partial charge is 0.356 e. The van der Waals surface area contributed by atoms with Gasteiger partial charge in [-0.15, -0.1) is 0 Å². The largest absolute Gasteiger partial charge is 0.416 e. The summed E-state index contributed by atoms with van der Waals surface area (Å²) in [5.41, 5.74) is 5.38. The average Bonchev–Trinajstić information content (AvgIpc) is 3.46. The fourth-order valence-electron chi connectivity index (χ4n) is 5.54. The summed E-state index contributed by atoms with van der Waals surface area (Å²) in [4.78, 5) is 13.2. The van der Waals surface area contributed by atoms with Crippen LogP contribution in [0.5, 0.6) is 0 Å². The quantitative estimate of drug-likeness (QED) is 0.159. The summed E-state index contributed by atoms with van der Waals surface area (Å²) in [7, 11) is 2.02. The molecule has 0 aliphatic carbocycles. The van der Waals surface area contributed by atoms with E-state index in [1.54, 1.807) is 24.5 Å². The first kappa shape index (κ1) is 35.6. The Morgan fingerprint density at radius 2 is 1.76 bits per heavy atom. The highest BCUT2D eigenvalue weighted by Crippen LogP contribution is 2.35. The van der Waals surface area contributed by atoms with Gasteiger partial charge in [0.1, 0.15) is 0 Å². The Labute approximate surface area is 287 Å². The summed E-state index contributed by atoms with van der Waals surface area (Å²) in [5.74, 6) is 7.38. The highest BCUT2D eigenvalue weighted by molar-refractivity contribution is 5.76. The molecule has 0 atom stereocenters. The molecule has 0 spiro atoms. The summed E-state index contributed by atoms with van der Waals surface area (Å²) >= 11 is 0. The van der Waals surface area contributed by atoms with Crippen molar-refractivity contribution in [3.8, 4) is 11.8 Å². The first-order chi connectivity index (χ1) is 23.4. The lowest BCUT2D eigenvalue weighted by molar-refractivity contribution is -0.138. The molecular weight excluding hydrogens is 625 g/mol. The van der Waals surface area contributed by atoms with Gasteiger partial charge in [-0.3, -0.25) is 9.58 Å². The van der Waals surface area contributed by atoms with Crippen LogP contribution in [0.1, 0.15) is 66.3 Å².